The number of benzene rings is 2. The molecule has 116 valence electrons. The third-order valence-corrected chi connectivity index (χ3v) is 4.89. The summed E-state index contributed by atoms with van der Waals surface area (Å²) in [5, 5.41) is 7.95. The van der Waals surface area contributed by atoms with Crippen LogP contribution < -0.4 is 10.2 Å². The molecule has 0 saturated heterocycles. The summed E-state index contributed by atoms with van der Waals surface area (Å²) in [6, 6.07) is 13.4. The van der Waals surface area contributed by atoms with Crippen molar-refractivity contribution < 1.29 is 9.53 Å². The molecule has 23 heavy (non-hydrogen) atoms. The van der Waals surface area contributed by atoms with Gasteiger partial charge in [-0.3, -0.25) is 4.79 Å². The van der Waals surface area contributed by atoms with E-state index in [1.54, 1.807) is 19.4 Å². The summed E-state index contributed by atoms with van der Waals surface area (Å²) < 4.78 is 6.32. The zero-order valence-electron chi connectivity index (χ0n) is 12.2. The largest absolute Gasteiger partial charge is 0.496 e. The van der Waals surface area contributed by atoms with Crippen molar-refractivity contribution in [1.82, 2.24) is 5.43 Å². The van der Waals surface area contributed by atoms with Crippen molar-refractivity contribution in [1.29, 1.82) is 0 Å². The summed E-state index contributed by atoms with van der Waals surface area (Å²) >= 11 is 4.91. The lowest BCUT2D eigenvalue weighted by Gasteiger charge is -2.09. The molecule has 0 aliphatic rings. The van der Waals surface area contributed by atoms with Gasteiger partial charge in [0.25, 0.3) is 5.91 Å². The van der Waals surface area contributed by atoms with E-state index in [1.165, 1.54) is 11.3 Å². The van der Waals surface area contributed by atoms with E-state index in [1.807, 2.05) is 41.8 Å². The maximum absolute atomic E-state index is 12.4. The molecular formula is C17H13BrN2O2S. The number of nitrogens with one attached hydrogen (secondary N) is 1. The second kappa shape index (κ2) is 6.93. The molecule has 1 heterocycles. The molecule has 0 aliphatic carbocycles. The van der Waals surface area contributed by atoms with E-state index in [4.69, 9.17) is 4.74 Å². The van der Waals surface area contributed by atoms with Crippen LogP contribution >= 0.6 is 27.3 Å². The molecule has 6 heteroatoms. The van der Waals surface area contributed by atoms with Crippen molar-refractivity contribution in [2.75, 3.05) is 7.11 Å². The Bertz CT molecular complexity index is 889. The highest BCUT2D eigenvalue weighted by molar-refractivity contribution is 9.10. The number of hydrogen-bond donors (Lipinski definition) is 1. The highest BCUT2D eigenvalue weighted by Gasteiger charge is 2.13. The summed E-state index contributed by atoms with van der Waals surface area (Å²) in [4.78, 5) is 13.3. The van der Waals surface area contributed by atoms with Gasteiger partial charge in [0.1, 0.15) is 5.75 Å². The van der Waals surface area contributed by atoms with Crippen LogP contribution in [0.15, 0.2) is 57.4 Å². The number of halogens is 1. The van der Waals surface area contributed by atoms with E-state index in [9.17, 15) is 4.79 Å². The fraction of sp³-hybridized carbons (Fsp3) is 0.0588. The highest BCUT2D eigenvalue weighted by Crippen LogP contribution is 2.26. The maximum Gasteiger partial charge on any atom is 0.275 e. The van der Waals surface area contributed by atoms with Crippen LogP contribution in [-0.4, -0.2) is 19.2 Å². The van der Waals surface area contributed by atoms with Crippen molar-refractivity contribution in [3.63, 3.8) is 0 Å². The zero-order valence-corrected chi connectivity index (χ0v) is 14.6. The first-order valence-corrected chi connectivity index (χ1v) is 8.49. The SMILES string of the molecule is COc1cc2ccccc2cc1C(=O)NN=Cc1cc(Br)cs1. The summed E-state index contributed by atoms with van der Waals surface area (Å²) in [5.41, 5.74) is 2.99. The average Bonchev–Trinajstić information content (AvgIpc) is 2.98. The van der Waals surface area contributed by atoms with Crippen molar-refractivity contribution in [2.24, 2.45) is 5.10 Å². The van der Waals surface area contributed by atoms with Crippen LogP contribution in [0, 0.1) is 0 Å². The molecule has 1 N–H and O–H groups in total. The number of ether oxygens (including phenoxy) is 1. The number of amides is 1. The lowest BCUT2D eigenvalue weighted by molar-refractivity contribution is 0.0952. The van der Waals surface area contributed by atoms with E-state index in [-0.39, 0.29) is 5.91 Å². The Labute approximate surface area is 145 Å². The molecule has 0 bridgehead atoms. The van der Waals surface area contributed by atoms with Gasteiger partial charge >= 0.3 is 0 Å². The number of rotatable bonds is 4. The summed E-state index contributed by atoms with van der Waals surface area (Å²) in [7, 11) is 1.55. The molecule has 0 spiro atoms. The topological polar surface area (TPSA) is 50.7 Å². The smallest absolute Gasteiger partial charge is 0.275 e. The second-order valence-corrected chi connectivity index (χ2v) is 6.62. The number of carbonyl (C=O) groups is 1. The predicted octanol–water partition coefficient (Wildman–Crippen LogP) is 4.44. The van der Waals surface area contributed by atoms with Gasteiger partial charge in [0.15, 0.2) is 0 Å². The minimum atomic E-state index is -0.306. The Morgan fingerprint density at radius 1 is 1.26 bits per heavy atom. The minimum Gasteiger partial charge on any atom is -0.496 e. The summed E-state index contributed by atoms with van der Waals surface area (Å²) in [6.45, 7) is 0. The molecule has 4 nitrogen and oxygen atoms in total. The van der Waals surface area contributed by atoms with Crippen LogP contribution in [0.3, 0.4) is 0 Å². The zero-order chi connectivity index (χ0) is 16.2. The quantitative estimate of drug-likeness (QED) is 0.530. The molecule has 0 aliphatic heterocycles. The van der Waals surface area contributed by atoms with Gasteiger partial charge in [0.05, 0.1) is 18.9 Å². The maximum atomic E-state index is 12.4. The molecule has 0 fully saturated rings. The van der Waals surface area contributed by atoms with Crippen LogP contribution in [0.4, 0.5) is 0 Å². The molecule has 1 aromatic heterocycles. The fourth-order valence-corrected chi connectivity index (χ4v) is 3.48. The first-order chi connectivity index (χ1) is 11.2. The van der Waals surface area contributed by atoms with Crippen LogP contribution in [0.2, 0.25) is 0 Å². The number of hydrazone groups is 1. The number of methoxy groups -OCH3 is 1. The van der Waals surface area contributed by atoms with Crippen LogP contribution in [0.1, 0.15) is 15.2 Å². The molecule has 2 aromatic carbocycles. The minimum absolute atomic E-state index is 0.306. The molecule has 0 atom stereocenters. The Balaban J connectivity index is 1.83. The Morgan fingerprint density at radius 3 is 2.65 bits per heavy atom. The monoisotopic (exact) mass is 388 g/mol. The number of hydrogen-bond acceptors (Lipinski definition) is 4. The van der Waals surface area contributed by atoms with Crippen LogP contribution in [0.25, 0.3) is 10.8 Å². The van der Waals surface area contributed by atoms with E-state index >= 15 is 0 Å². The van der Waals surface area contributed by atoms with Crippen LogP contribution in [-0.2, 0) is 0 Å². The summed E-state index contributed by atoms with van der Waals surface area (Å²) in [6.07, 6.45) is 1.61. The van der Waals surface area contributed by atoms with Crippen LogP contribution in [0.5, 0.6) is 5.75 Å². The lowest BCUT2D eigenvalue weighted by atomic mass is 10.1. The number of thiophene rings is 1. The van der Waals surface area contributed by atoms with Crippen molar-refractivity contribution >= 4 is 50.2 Å². The van der Waals surface area contributed by atoms with Gasteiger partial charge < -0.3 is 4.74 Å². The first-order valence-electron chi connectivity index (χ1n) is 6.81. The highest BCUT2D eigenvalue weighted by atomic mass is 79.9. The number of fused-ring (bicyclic) bond motifs is 1. The van der Waals surface area contributed by atoms with E-state index < -0.39 is 0 Å². The summed E-state index contributed by atoms with van der Waals surface area (Å²) in [5.74, 6) is 0.217. The van der Waals surface area contributed by atoms with Gasteiger partial charge in [-0.25, -0.2) is 5.43 Å². The molecular weight excluding hydrogens is 376 g/mol. The van der Waals surface area contributed by atoms with Gasteiger partial charge in [-0.15, -0.1) is 11.3 Å². The average molecular weight is 389 g/mol. The van der Waals surface area contributed by atoms with Gasteiger partial charge in [-0.2, -0.15) is 5.10 Å². The third kappa shape index (κ3) is 3.60. The predicted molar refractivity (Wildman–Crippen MR) is 97.6 cm³/mol. The Morgan fingerprint density at radius 2 is 2.00 bits per heavy atom. The van der Waals surface area contributed by atoms with Gasteiger partial charge in [0, 0.05) is 14.7 Å². The van der Waals surface area contributed by atoms with Gasteiger partial charge in [0.2, 0.25) is 0 Å². The Kier molecular flexibility index (Phi) is 4.73. The van der Waals surface area contributed by atoms with Gasteiger partial charge in [-0.05, 0) is 44.9 Å². The van der Waals surface area contributed by atoms with Crippen molar-refractivity contribution in [3.8, 4) is 5.75 Å². The second-order valence-electron chi connectivity index (χ2n) is 4.77. The lowest BCUT2D eigenvalue weighted by Crippen LogP contribution is -2.18. The number of nitrogens with zero attached hydrogens (tertiary/aromatic N) is 1. The van der Waals surface area contributed by atoms with Gasteiger partial charge in [-0.1, -0.05) is 24.3 Å². The van der Waals surface area contributed by atoms with E-state index in [2.05, 4.69) is 26.5 Å². The molecule has 1 amide bonds. The first kappa shape index (κ1) is 15.7. The Hall–Kier alpha value is -2.18. The standard InChI is InChI=1S/C17H13BrN2O2S/c1-22-16-7-12-5-3-2-4-11(12)6-15(16)17(21)20-19-9-14-8-13(18)10-23-14/h2-10H,1H3,(H,20,21). The van der Waals surface area contributed by atoms with Crippen molar-refractivity contribution in [2.45, 2.75) is 0 Å². The molecule has 3 rings (SSSR count). The molecule has 0 saturated carbocycles. The van der Waals surface area contributed by atoms with E-state index in [0.29, 0.717) is 11.3 Å². The number of carbonyl (C=O) groups excluding carboxylic acids is 1. The van der Waals surface area contributed by atoms with Crippen molar-refractivity contribution in [3.05, 3.63) is 62.8 Å². The molecule has 3 aromatic rings. The normalized spacial score (nSPS) is 11.0. The third-order valence-electron chi connectivity index (χ3n) is 3.26. The molecule has 0 radical (unpaired) electrons. The molecule has 0 unspecified atom stereocenters. The van der Waals surface area contributed by atoms with E-state index in [0.717, 1.165) is 20.1 Å². The fourth-order valence-electron chi connectivity index (χ4n) is 2.18.